The molecule has 2 aliphatic heterocycles. The van der Waals surface area contributed by atoms with Gasteiger partial charge in [-0.25, -0.2) is 4.39 Å². The van der Waals surface area contributed by atoms with Crippen molar-refractivity contribution in [1.29, 1.82) is 0 Å². The predicted molar refractivity (Wildman–Crippen MR) is 107 cm³/mol. The molecule has 3 aromatic rings. The van der Waals surface area contributed by atoms with Gasteiger partial charge in [-0.05, 0) is 18.2 Å². The Morgan fingerprint density at radius 3 is 2.90 bits per heavy atom. The summed E-state index contributed by atoms with van der Waals surface area (Å²) in [7, 11) is 0. The number of halogens is 3. The van der Waals surface area contributed by atoms with E-state index in [1.54, 1.807) is 18.2 Å². The van der Waals surface area contributed by atoms with Crippen LogP contribution in [-0.4, -0.2) is 57.7 Å². The molecule has 0 radical (unpaired) electrons. The average molecular weight is 501 g/mol. The van der Waals surface area contributed by atoms with E-state index in [-0.39, 0.29) is 42.8 Å². The molecule has 0 spiro atoms. The topological polar surface area (TPSA) is 98.7 Å². The number of aromatic amines is 1. The smallest absolute Gasteiger partial charge is 0.296 e. The fraction of sp³-hybridized carbons (Fsp3) is 0.368. The first-order valence-corrected chi connectivity index (χ1v) is 10.4. The molecular weight excluding hydrogens is 485 g/mol. The number of fused-ring (bicyclic) bond motifs is 2. The molecule has 2 saturated heterocycles. The Morgan fingerprint density at radius 1 is 1.23 bits per heavy atom. The van der Waals surface area contributed by atoms with Crippen LogP contribution in [0.15, 0.2) is 28.7 Å². The highest BCUT2D eigenvalue weighted by molar-refractivity contribution is 9.10. The lowest BCUT2D eigenvalue weighted by molar-refractivity contribution is 0.00706. The molecule has 0 unspecified atom stereocenters. The Bertz CT molecular complexity index is 1100. The van der Waals surface area contributed by atoms with Gasteiger partial charge in [0.2, 0.25) is 5.88 Å². The number of H-pyrrole nitrogens is 1. The van der Waals surface area contributed by atoms with Gasteiger partial charge in [-0.15, -0.1) is 0 Å². The van der Waals surface area contributed by atoms with E-state index in [4.69, 9.17) is 30.5 Å². The van der Waals surface area contributed by atoms with Crippen molar-refractivity contribution < 1.29 is 28.4 Å². The SMILES string of the molecule is O[C@@H]1CO[C@H]2[C@@H]1OC[C@H]2Oc1nc2nc(OCc3ccc(Br)cc3F)c(Cl)cc2[nH]1. The van der Waals surface area contributed by atoms with Crippen LogP contribution < -0.4 is 9.47 Å². The fourth-order valence-corrected chi connectivity index (χ4v) is 4.05. The van der Waals surface area contributed by atoms with Crippen LogP contribution >= 0.6 is 27.5 Å². The van der Waals surface area contributed by atoms with Crippen LogP contribution in [0.1, 0.15) is 5.56 Å². The molecular formula is C19H16BrClFN3O5. The Kier molecular flexibility index (Phi) is 5.28. The van der Waals surface area contributed by atoms with E-state index in [2.05, 4.69) is 30.9 Å². The quantitative estimate of drug-likeness (QED) is 0.556. The van der Waals surface area contributed by atoms with Crippen molar-refractivity contribution >= 4 is 38.7 Å². The number of aliphatic hydroxyl groups is 1. The molecule has 1 aromatic carbocycles. The van der Waals surface area contributed by atoms with Gasteiger partial charge in [0.15, 0.2) is 11.8 Å². The van der Waals surface area contributed by atoms with Crippen LogP contribution in [0, 0.1) is 5.82 Å². The maximum atomic E-state index is 14.0. The van der Waals surface area contributed by atoms with Gasteiger partial charge in [0.25, 0.3) is 6.01 Å². The summed E-state index contributed by atoms with van der Waals surface area (Å²) in [5, 5.41) is 10.1. The van der Waals surface area contributed by atoms with Gasteiger partial charge in [0.05, 0.1) is 18.7 Å². The lowest BCUT2D eigenvalue weighted by Crippen LogP contribution is -2.34. The molecule has 2 aromatic heterocycles. The number of rotatable bonds is 5. The van der Waals surface area contributed by atoms with Crippen molar-refractivity contribution in [2.24, 2.45) is 0 Å². The summed E-state index contributed by atoms with van der Waals surface area (Å²) < 4.78 is 37.2. The summed E-state index contributed by atoms with van der Waals surface area (Å²) in [5.41, 5.74) is 1.26. The molecule has 11 heteroatoms. The largest absolute Gasteiger partial charge is 0.472 e. The van der Waals surface area contributed by atoms with Crippen molar-refractivity contribution in [3.8, 4) is 11.9 Å². The van der Waals surface area contributed by atoms with E-state index in [9.17, 15) is 9.50 Å². The zero-order valence-electron chi connectivity index (χ0n) is 15.3. The van der Waals surface area contributed by atoms with Crippen molar-refractivity contribution in [2.75, 3.05) is 13.2 Å². The van der Waals surface area contributed by atoms with Gasteiger partial charge >= 0.3 is 0 Å². The lowest BCUT2D eigenvalue weighted by atomic mass is 10.1. The Hall–Kier alpha value is -1.98. The minimum Gasteiger partial charge on any atom is -0.472 e. The molecule has 158 valence electrons. The molecule has 4 heterocycles. The van der Waals surface area contributed by atoms with Crippen LogP contribution in [0.3, 0.4) is 0 Å². The third-order valence-electron chi connectivity index (χ3n) is 5.00. The second kappa shape index (κ2) is 7.93. The molecule has 0 aliphatic carbocycles. The van der Waals surface area contributed by atoms with Crippen LogP contribution in [0.2, 0.25) is 5.02 Å². The highest BCUT2D eigenvalue weighted by Crippen LogP contribution is 2.31. The number of nitrogens with one attached hydrogen (secondary N) is 1. The molecule has 2 aliphatic rings. The van der Waals surface area contributed by atoms with Gasteiger partial charge < -0.3 is 29.0 Å². The molecule has 4 atom stereocenters. The number of nitrogens with zero attached hydrogens (tertiary/aromatic N) is 2. The number of ether oxygens (including phenoxy) is 4. The Balaban J connectivity index is 1.32. The zero-order valence-corrected chi connectivity index (χ0v) is 17.7. The van der Waals surface area contributed by atoms with Crippen molar-refractivity contribution in [1.82, 2.24) is 15.0 Å². The van der Waals surface area contributed by atoms with E-state index in [0.717, 1.165) is 0 Å². The van der Waals surface area contributed by atoms with Crippen molar-refractivity contribution in [3.63, 3.8) is 0 Å². The van der Waals surface area contributed by atoms with E-state index >= 15 is 0 Å². The molecule has 0 saturated carbocycles. The van der Waals surface area contributed by atoms with Crippen molar-refractivity contribution in [2.45, 2.75) is 31.0 Å². The minimum absolute atomic E-state index is 0.0345. The van der Waals surface area contributed by atoms with Gasteiger partial charge in [-0.3, -0.25) is 0 Å². The van der Waals surface area contributed by atoms with E-state index < -0.39 is 24.1 Å². The number of pyridine rings is 1. The van der Waals surface area contributed by atoms with Crippen LogP contribution in [0.4, 0.5) is 4.39 Å². The number of imidazole rings is 1. The predicted octanol–water partition coefficient (Wildman–Crippen LogP) is 3.00. The lowest BCUT2D eigenvalue weighted by Gasteiger charge is -2.15. The van der Waals surface area contributed by atoms with Gasteiger partial charge in [-0.1, -0.05) is 33.6 Å². The number of benzene rings is 1. The average Bonchev–Trinajstić information content (AvgIpc) is 3.38. The summed E-state index contributed by atoms with van der Waals surface area (Å²) >= 11 is 9.47. The van der Waals surface area contributed by atoms with E-state index in [0.29, 0.717) is 21.2 Å². The number of aliphatic hydroxyl groups excluding tert-OH is 1. The Labute approximate surface area is 183 Å². The maximum Gasteiger partial charge on any atom is 0.296 e. The fourth-order valence-electron chi connectivity index (χ4n) is 3.51. The molecule has 0 bridgehead atoms. The second-order valence-electron chi connectivity index (χ2n) is 7.03. The van der Waals surface area contributed by atoms with Crippen LogP contribution in [0.25, 0.3) is 11.2 Å². The van der Waals surface area contributed by atoms with Crippen LogP contribution in [0.5, 0.6) is 11.9 Å². The third-order valence-corrected chi connectivity index (χ3v) is 5.76. The van der Waals surface area contributed by atoms with Gasteiger partial charge in [0.1, 0.15) is 35.8 Å². The number of hydrogen-bond donors (Lipinski definition) is 2. The van der Waals surface area contributed by atoms with Crippen LogP contribution in [-0.2, 0) is 16.1 Å². The van der Waals surface area contributed by atoms with Crippen molar-refractivity contribution in [3.05, 3.63) is 45.1 Å². The highest BCUT2D eigenvalue weighted by atomic mass is 79.9. The zero-order chi connectivity index (χ0) is 20.8. The monoisotopic (exact) mass is 499 g/mol. The second-order valence-corrected chi connectivity index (χ2v) is 8.36. The highest BCUT2D eigenvalue weighted by Gasteiger charge is 2.48. The van der Waals surface area contributed by atoms with Gasteiger partial charge in [0, 0.05) is 10.0 Å². The summed E-state index contributed by atoms with van der Waals surface area (Å²) in [6.07, 6.45) is -1.82. The maximum absolute atomic E-state index is 14.0. The molecule has 2 fully saturated rings. The minimum atomic E-state index is -0.657. The first kappa shape index (κ1) is 20.0. The Morgan fingerprint density at radius 2 is 2.07 bits per heavy atom. The molecule has 2 N–H and O–H groups in total. The summed E-state index contributed by atoms with van der Waals surface area (Å²) in [4.78, 5) is 11.6. The van der Waals surface area contributed by atoms with E-state index in [1.807, 2.05) is 0 Å². The number of hydrogen-bond acceptors (Lipinski definition) is 7. The molecule has 8 nitrogen and oxygen atoms in total. The molecule has 30 heavy (non-hydrogen) atoms. The first-order chi connectivity index (χ1) is 14.5. The number of aromatic nitrogens is 3. The van der Waals surface area contributed by atoms with E-state index in [1.165, 1.54) is 6.07 Å². The summed E-state index contributed by atoms with van der Waals surface area (Å²) in [5.74, 6) is -0.260. The first-order valence-electron chi connectivity index (χ1n) is 9.19. The standard InChI is InChI=1S/C19H16BrClFN3O5/c20-9-2-1-8(11(22)3-9)5-29-18-10(21)4-12-17(24-18)25-19(23-12)30-14-7-28-15-13(26)6-27-16(14)15/h1-4,13-16,26H,5-7H2,(H,23,24,25)/t13-,14-,15-,16-/m1/s1. The molecule has 5 rings (SSSR count). The molecule has 0 amide bonds. The van der Waals surface area contributed by atoms with Gasteiger partial charge in [-0.2, -0.15) is 9.97 Å². The third kappa shape index (κ3) is 3.74. The summed E-state index contributed by atoms with van der Waals surface area (Å²) in [6.45, 7) is 0.462. The normalized spacial score (nSPS) is 25.6. The summed E-state index contributed by atoms with van der Waals surface area (Å²) in [6, 6.07) is 6.54.